The molecule has 3 N–H and O–H groups in total. The molecule has 104 valence electrons. The molecular formula is C14H26N2O2. The fourth-order valence-corrected chi connectivity index (χ4v) is 2.88. The number of carbonyl (C=O) groups is 1. The highest BCUT2D eigenvalue weighted by atomic mass is 16.5. The molecule has 0 heterocycles. The molecule has 0 aromatic carbocycles. The van der Waals surface area contributed by atoms with Crippen LogP contribution in [0.5, 0.6) is 0 Å². The molecule has 18 heavy (non-hydrogen) atoms. The Morgan fingerprint density at radius 1 is 1.28 bits per heavy atom. The minimum absolute atomic E-state index is 0.0465. The van der Waals surface area contributed by atoms with Gasteiger partial charge in [-0.25, -0.2) is 0 Å². The van der Waals surface area contributed by atoms with E-state index >= 15 is 0 Å². The topological polar surface area (TPSA) is 64.3 Å². The van der Waals surface area contributed by atoms with Crippen LogP contribution < -0.4 is 11.1 Å². The number of hydrogen-bond acceptors (Lipinski definition) is 3. The Labute approximate surface area is 110 Å². The van der Waals surface area contributed by atoms with E-state index < -0.39 is 5.54 Å². The smallest absolute Gasteiger partial charge is 0.240 e. The van der Waals surface area contributed by atoms with E-state index in [1.165, 1.54) is 25.7 Å². The standard InChI is InChI=1S/C14H26N2O2/c1-2-18-10-9-13(5-3-4-6-13)11-16-12(17)14(15)7-8-14/h2-11,15H2,1H3,(H,16,17). The normalized spacial score (nSPS) is 23.9. The van der Waals surface area contributed by atoms with Gasteiger partial charge in [0, 0.05) is 19.8 Å². The maximum Gasteiger partial charge on any atom is 0.240 e. The Bertz CT molecular complexity index is 294. The van der Waals surface area contributed by atoms with E-state index in [2.05, 4.69) is 5.32 Å². The average molecular weight is 254 g/mol. The van der Waals surface area contributed by atoms with Crippen LogP contribution >= 0.6 is 0 Å². The maximum absolute atomic E-state index is 11.9. The molecule has 0 radical (unpaired) electrons. The minimum Gasteiger partial charge on any atom is -0.382 e. The van der Waals surface area contributed by atoms with Gasteiger partial charge in [0.15, 0.2) is 0 Å². The molecule has 0 spiro atoms. The molecule has 0 saturated heterocycles. The quantitative estimate of drug-likeness (QED) is 0.678. The summed E-state index contributed by atoms with van der Waals surface area (Å²) in [6.45, 7) is 4.38. The Hall–Kier alpha value is -0.610. The number of ether oxygens (including phenoxy) is 1. The van der Waals surface area contributed by atoms with Crippen LogP contribution in [0.3, 0.4) is 0 Å². The van der Waals surface area contributed by atoms with Crippen molar-refractivity contribution in [3.63, 3.8) is 0 Å². The highest BCUT2D eigenvalue weighted by Crippen LogP contribution is 2.41. The largest absolute Gasteiger partial charge is 0.382 e. The van der Waals surface area contributed by atoms with Crippen molar-refractivity contribution in [3.8, 4) is 0 Å². The van der Waals surface area contributed by atoms with Crippen LogP contribution in [0.15, 0.2) is 0 Å². The maximum atomic E-state index is 11.9. The fraction of sp³-hybridized carbons (Fsp3) is 0.929. The van der Waals surface area contributed by atoms with Crippen molar-refractivity contribution in [1.29, 1.82) is 0 Å². The van der Waals surface area contributed by atoms with Gasteiger partial charge in [0.1, 0.15) is 0 Å². The lowest BCUT2D eigenvalue weighted by Crippen LogP contribution is -2.46. The number of hydrogen-bond donors (Lipinski definition) is 2. The number of amides is 1. The predicted octanol–water partition coefficient (Wildman–Crippen LogP) is 1.58. The zero-order valence-electron chi connectivity index (χ0n) is 11.5. The molecule has 4 nitrogen and oxygen atoms in total. The molecule has 0 aliphatic heterocycles. The van der Waals surface area contributed by atoms with E-state index in [9.17, 15) is 4.79 Å². The molecule has 2 aliphatic rings. The molecule has 2 fully saturated rings. The molecule has 0 aromatic heterocycles. The third-order valence-electron chi connectivity index (χ3n) is 4.51. The van der Waals surface area contributed by atoms with Crippen LogP contribution in [0.4, 0.5) is 0 Å². The Morgan fingerprint density at radius 3 is 2.50 bits per heavy atom. The Morgan fingerprint density at radius 2 is 1.94 bits per heavy atom. The molecule has 0 unspecified atom stereocenters. The van der Waals surface area contributed by atoms with Gasteiger partial charge in [0.2, 0.25) is 5.91 Å². The van der Waals surface area contributed by atoms with Crippen molar-refractivity contribution in [2.24, 2.45) is 11.1 Å². The highest BCUT2D eigenvalue weighted by Gasteiger charge is 2.46. The van der Waals surface area contributed by atoms with Crippen LogP contribution in [-0.2, 0) is 9.53 Å². The van der Waals surface area contributed by atoms with Gasteiger partial charge >= 0.3 is 0 Å². The second-order valence-corrected chi connectivity index (χ2v) is 5.99. The zero-order chi connectivity index (χ0) is 13.1. The summed E-state index contributed by atoms with van der Waals surface area (Å²) < 4.78 is 5.47. The van der Waals surface area contributed by atoms with Gasteiger partial charge in [-0.3, -0.25) is 4.79 Å². The van der Waals surface area contributed by atoms with Gasteiger partial charge in [-0.15, -0.1) is 0 Å². The zero-order valence-corrected chi connectivity index (χ0v) is 11.5. The number of carbonyl (C=O) groups excluding carboxylic acids is 1. The second kappa shape index (κ2) is 5.57. The molecule has 2 saturated carbocycles. The Balaban J connectivity index is 1.80. The van der Waals surface area contributed by atoms with Gasteiger partial charge in [-0.05, 0) is 44.4 Å². The highest BCUT2D eigenvalue weighted by molar-refractivity contribution is 5.88. The van der Waals surface area contributed by atoms with E-state index in [1.807, 2.05) is 6.92 Å². The molecule has 0 atom stereocenters. The van der Waals surface area contributed by atoms with Crippen molar-refractivity contribution in [1.82, 2.24) is 5.32 Å². The summed E-state index contributed by atoms with van der Waals surface area (Å²) in [6, 6.07) is 0. The molecule has 4 heteroatoms. The number of nitrogens with two attached hydrogens (primary N) is 1. The first-order valence-corrected chi connectivity index (χ1v) is 7.25. The summed E-state index contributed by atoms with van der Waals surface area (Å²) >= 11 is 0. The summed E-state index contributed by atoms with van der Waals surface area (Å²) in [7, 11) is 0. The number of rotatable bonds is 7. The molecule has 0 bridgehead atoms. The van der Waals surface area contributed by atoms with Crippen molar-refractivity contribution >= 4 is 5.91 Å². The lowest BCUT2D eigenvalue weighted by atomic mass is 9.83. The van der Waals surface area contributed by atoms with Crippen molar-refractivity contribution in [2.45, 2.75) is 57.4 Å². The monoisotopic (exact) mass is 254 g/mol. The van der Waals surface area contributed by atoms with Crippen molar-refractivity contribution in [3.05, 3.63) is 0 Å². The van der Waals surface area contributed by atoms with Gasteiger partial charge in [-0.2, -0.15) is 0 Å². The fourth-order valence-electron chi connectivity index (χ4n) is 2.88. The summed E-state index contributed by atoms with van der Waals surface area (Å²) in [5, 5.41) is 3.08. The van der Waals surface area contributed by atoms with Crippen LogP contribution in [0, 0.1) is 5.41 Å². The molecule has 2 aliphatic carbocycles. The first-order valence-electron chi connectivity index (χ1n) is 7.25. The van der Waals surface area contributed by atoms with Crippen LogP contribution in [-0.4, -0.2) is 31.2 Å². The lowest BCUT2D eigenvalue weighted by molar-refractivity contribution is -0.123. The van der Waals surface area contributed by atoms with Crippen molar-refractivity contribution in [2.75, 3.05) is 19.8 Å². The van der Waals surface area contributed by atoms with Crippen LogP contribution in [0.1, 0.15) is 51.9 Å². The third kappa shape index (κ3) is 3.23. The number of nitrogens with one attached hydrogen (secondary N) is 1. The minimum atomic E-state index is -0.542. The van der Waals surface area contributed by atoms with Gasteiger partial charge in [0.25, 0.3) is 0 Å². The van der Waals surface area contributed by atoms with E-state index in [0.717, 1.165) is 39.0 Å². The van der Waals surface area contributed by atoms with E-state index in [4.69, 9.17) is 10.5 Å². The predicted molar refractivity (Wildman–Crippen MR) is 71.2 cm³/mol. The van der Waals surface area contributed by atoms with Crippen LogP contribution in [0.2, 0.25) is 0 Å². The summed E-state index contributed by atoms with van der Waals surface area (Å²) in [5.74, 6) is 0.0465. The van der Waals surface area contributed by atoms with E-state index in [1.54, 1.807) is 0 Å². The lowest BCUT2D eigenvalue weighted by Gasteiger charge is -2.29. The summed E-state index contributed by atoms with van der Waals surface area (Å²) in [6.07, 6.45) is 7.69. The molecular weight excluding hydrogens is 228 g/mol. The first kappa shape index (κ1) is 13.8. The summed E-state index contributed by atoms with van der Waals surface area (Å²) in [4.78, 5) is 11.9. The summed E-state index contributed by atoms with van der Waals surface area (Å²) in [5.41, 5.74) is 5.62. The third-order valence-corrected chi connectivity index (χ3v) is 4.51. The van der Waals surface area contributed by atoms with Gasteiger partial charge in [0.05, 0.1) is 5.54 Å². The Kier molecular flexibility index (Phi) is 4.28. The van der Waals surface area contributed by atoms with Crippen molar-refractivity contribution < 1.29 is 9.53 Å². The average Bonchev–Trinajstić information content (AvgIpc) is 2.95. The SMILES string of the molecule is CCOCCC1(CNC(=O)C2(N)CC2)CCCC1. The molecule has 0 aromatic rings. The molecule has 2 rings (SSSR count). The van der Waals surface area contributed by atoms with Gasteiger partial charge in [-0.1, -0.05) is 12.8 Å². The van der Waals surface area contributed by atoms with E-state index in [0.29, 0.717) is 0 Å². The molecule has 1 amide bonds. The van der Waals surface area contributed by atoms with Crippen LogP contribution in [0.25, 0.3) is 0 Å². The van der Waals surface area contributed by atoms with E-state index in [-0.39, 0.29) is 11.3 Å². The second-order valence-electron chi connectivity index (χ2n) is 5.99. The van der Waals surface area contributed by atoms with Gasteiger partial charge < -0.3 is 15.8 Å². The first-order chi connectivity index (χ1) is 8.60.